The molecule has 0 saturated carbocycles. The summed E-state index contributed by atoms with van der Waals surface area (Å²) in [5.41, 5.74) is 3.08. The Balaban J connectivity index is 1.51. The summed E-state index contributed by atoms with van der Waals surface area (Å²) < 4.78 is 27.9. The third kappa shape index (κ3) is 5.71. The second kappa shape index (κ2) is 9.76. The van der Waals surface area contributed by atoms with E-state index in [-0.39, 0.29) is 11.5 Å². The van der Waals surface area contributed by atoms with Gasteiger partial charge >= 0.3 is 0 Å². The summed E-state index contributed by atoms with van der Waals surface area (Å²) in [5.74, 6) is 0. The fourth-order valence-corrected chi connectivity index (χ4v) is 4.28. The molecule has 0 aliphatic carbocycles. The lowest BCUT2D eigenvalue weighted by Gasteiger charge is -2.10. The molecule has 6 nitrogen and oxygen atoms in total. The van der Waals surface area contributed by atoms with Gasteiger partial charge in [-0.1, -0.05) is 48.0 Å². The van der Waals surface area contributed by atoms with Gasteiger partial charge in [-0.05, 0) is 30.2 Å². The molecule has 0 fully saturated rings. The highest BCUT2D eigenvalue weighted by Crippen LogP contribution is 2.21. The molecular formula is C22H25N3O3S. The van der Waals surface area contributed by atoms with Crippen LogP contribution in [-0.2, 0) is 16.6 Å². The minimum atomic E-state index is -3.60. The topological polar surface area (TPSA) is 91.3 Å². The predicted octanol–water partition coefficient (Wildman–Crippen LogP) is 2.70. The van der Waals surface area contributed by atoms with E-state index < -0.39 is 10.0 Å². The SMILES string of the molecule is C/C(=C\c1ccc(CO)cc1)CNCCNS(=O)(=O)c1cccc2cnccc12. The first-order chi connectivity index (χ1) is 14.0. The molecule has 7 heteroatoms. The number of benzene rings is 2. The van der Waals surface area contributed by atoms with E-state index in [1.54, 1.807) is 30.6 Å². The zero-order chi connectivity index (χ0) is 20.7. The van der Waals surface area contributed by atoms with Gasteiger partial charge in [-0.3, -0.25) is 4.98 Å². The van der Waals surface area contributed by atoms with E-state index in [0.29, 0.717) is 25.0 Å². The Morgan fingerprint density at radius 2 is 1.90 bits per heavy atom. The number of nitrogens with one attached hydrogen (secondary N) is 2. The second-order valence-electron chi connectivity index (χ2n) is 6.82. The van der Waals surface area contributed by atoms with Crippen LogP contribution in [0.1, 0.15) is 18.1 Å². The van der Waals surface area contributed by atoms with Crippen LogP contribution in [0.3, 0.4) is 0 Å². The highest BCUT2D eigenvalue weighted by molar-refractivity contribution is 7.89. The number of fused-ring (bicyclic) bond motifs is 1. The molecule has 0 aliphatic heterocycles. The van der Waals surface area contributed by atoms with Crippen molar-refractivity contribution in [3.63, 3.8) is 0 Å². The molecule has 1 aromatic heterocycles. The number of aromatic nitrogens is 1. The Morgan fingerprint density at radius 1 is 1.10 bits per heavy atom. The smallest absolute Gasteiger partial charge is 0.241 e. The maximum absolute atomic E-state index is 12.6. The molecule has 1 heterocycles. The summed E-state index contributed by atoms with van der Waals surface area (Å²) in [6.07, 6.45) is 5.31. The highest BCUT2D eigenvalue weighted by Gasteiger charge is 2.16. The quantitative estimate of drug-likeness (QED) is 0.471. The maximum atomic E-state index is 12.6. The fraction of sp³-hybridized carbons (Fsp3) is 0.227. The molecule has 0 radical (unpaired) electrons. The van der Waals surface area contributed by atoms with Crippen molar-refractivity contribution in [2.75, 3.05) is 19.6 Å². The number of nitrogens with zero attached hydrogens (tertiary/aromatic N) is 1. The molecule has 0 atom stereocenters. The number of aliphatic hydroxyl groups excluding tert-OH is 1. The van der Waals surface area contributed by atoms with Crippen molar-refractivity contribution < 1.29 is 13.5 Å². The van der Waals surface area contributed by atoms with E-state index in [9.17, 15) is 8.42 Å². The van der Waals surface area contributed by atoms with Gasteiger partial charge in [0.25, 0.3) is 0 Å². The minimum absolute atomic E-state index is 0.0378. The Labute approximate surface area is 171 Å². The van der Waals surface area contributed by atoms with E-state index in [0.717, 1.165) is 22.1 Å². The standard InChI is InChI=1S/C22H25N3O3S/c1-17(13-18-5-7-19(16-26)8-6-18)14-24-11-12-25-29(27,28)22-4-2-3-20-15-23-10-9-21(20)22/h2-10,13,15,24-26H,11-12,14,16H2,1H3/b17-13+. The molecule has 2 aromatic carbocycles. The molecule has 0 spiro atoms. The average Bonchev–Trinajstić information content (AvgIpc) is 2.73. The Kier molecular flexibility index (Phi) is 7.11. The van der Waals surface area contributed by atoms with Crippen LogP contribution in [0, 0.1) is 0 Å². The van der Waals surface area contributed by atoms with E-state index >= 15 is 0 Å². The number of aliphatic hydroxyl groups is 1. The predicted molar refractivity (Wildman–Crippen MR) is 116 cm³/mol. The van der Waals surface area contributed by atoms with Crippen LogP contribution in [0.4, 0.5) is 0 Å². The highest BCUT2D eigenvalue weighted by atomic mass is 32.2. The van der Waals surface area contributed by atoms with Crippen molar-refractivity contribution in [2.45, 2.75) is 18.4 Å². The summed E-state index contributed by atoms with van der Waals surface area (Å²) in [6.45, 7) is 3.52. The molecule has 0 aliphatic rings. The first kappa shape index (κ1) is 21.1. The molecule has 3 rings (SSSR count). The van der Waals surface area contributed by atoms with Crippen molar-refractivity contribution in [1.29, 1.82) is 0 Å². The molecule has 3 aromatic rings. The second-order valence-corrected chi connectivity index (χ2v) is 8.55. The van der Waals surface area contributed by atoms with E-state index in [2.05, 4.69) is 21.1 Å². The van der Waals surface area contributed by atoms with Gasteiger partial charge in [0.05, 0.1) is 11.5 Å². The zero-order valence-electron chi connectivity index (χ0n) is 16.3. The van der Waals surface area contributed by atoms with Gasteiger partial charge < -0.3 is 10.4 Å². The van der Waals surface area contributed by atoms with Crippen LogP contribution in [0.5, 0.6) is 0 Å². The van der Waals surface area contributed by atoms with Crippen LogP contribution in [-0.4, -0.2) is 38.1 Å². The number of pyridine rings is 1. The molecule has 29 heavy (non-hydrogen) atoms. The molecule has 152 valence electrons. The summed E-state index contributed by atoms with van der Waals surface area (Å²) >= 11 is 0. The largest absolute Gasteiger partial charge is 0.392 e. The third-order valence-corrected chi connectivity index (χ3v) is 6.02. The van der Waals surface area contributed by atoms with Gasteiger partial charge in [0, 0.05) is 42.8 Å². The van der Waals surface area contributed by atoms with Gasteiger partial charge in [0.15, 0.2) is 0 Å². The maximum Gasteiger partial charge on any atom is 0.241 e. The summed E-state index contributed by atoms with van der Waals surface area (Å²) in [5, 5.41) is 13.8. The van der Waals surface area contributed by atoms with Crippen LogP contribution in [0.25, 0.3) is 16.8 Å². The van der Waals surface area contributed by atoms with Crippen LogP contribution in [0.2, 0.25) is 0 Å². The van der Waals surface area contributed by atoms with Crippen molar-refractivity contribution in [2.24, 2.45) is 0 Å². The van der Waals surface area contributed by atoms with Crippen LogP contribution in [0.15, 0.2) is 71.4 Å². The van der Waals surface area contributed by atoms with Crippen LogP contribution < -0.4 is 10.0 Å². The molecule has 0 bridgehead atoms. The molecule has 3 N–H and O–H groups in total. The third-order valence-electron chi connectivity index (χ3n) is 4.50. The Morgan fingerprint density at radius 3 is 2.66 bits per heavy atom. The van der Waals surface area contributed by atoms with Crippen molar-refractivity contribution >= 4 is 26.9 Å². The molecule has 0 amide bonds. The molecular weight excluding hydrogens is 386 g/mol. The van der Waals surface area contributed by atoms with E-state index in [4.69, 9.17) is 5.11 Å². The normalized spacial score (nSPS) is 12.4. The van der Waals surface area contributed by atoms with Crippen molar-refractivity contribution in [1.82, 2.24) is 15.0 Å². The lowest BCUT2D eigenvalue weighted by Crippen LogP contribution is -2.32. The van der Waals surface area contributed by atoms with Gasteiger partial charge in [-0.25, -0.2) is 13.1 Å². The monoisotopic (exact) mass is 411 g/mol. The summed E-state index contributed by atoms with van der Waals surface area (Å²) in [4.78, 5) is 4.30. The van der Waals surface area contributed by atoms with E-state index in [1.807, 2.05) is 37.3 Å². The lowest BCUT2D eigenvalue weighted by atomic mass is 10.1. The van der Waals surface area contributed by atoms with Crippen LogP contribution >= 0.6 is 0 Å². The van der Waals surface area contributed by atoms with Crippen molar-refractivity contribution in [3.05, 3.63) is 77.6 Å². The summed E-state index contributed by atoms with van der Waals surface area (Å²) in [6, 6.07) is 14.6. The van der Waals surface area contributed by atoms with Gasteiger partial charge in [-0.15, -0.1) is 0 Å². The Bertz CT molecular complexity index is 1090. The molecule has 0 saturated heterocycles. The lowest BCUT2D eigenvalue weighted by molar-refractivity contribution is 0.282. The van der Waals surface area contributed by atoms with Gasteiger partial charge in [0.2, 0.25) is 10.0 Å². The first-order valence-electron chi connectivity index (χ1n) is 9.40. The number of sulfonamides is 1. The number of hydrogen-bond donors (Lipinski definition) is 3. The van der Waals surface area contributed by atoms with Gasteiger partial charge in [-0.2, -0.15) is 0 Å². The first-order valence-corrected chi connectivity index (χ1v) is 10.9. The molecule has 0 unspecified atom stereocenters. The van der Waals surface area contributed by atoms with Gasteiger partial charge in [0.1, 0.15) is 0 Å². The van der Waals surface area contributed by atoms with Crippen molar-refractivity contribution in [3.8, 4) is 0 Å². The van der Waals surface area contributed by atoms with E-state index in [1.165, 1.54) is 0 Å². The number of hydrogen-bond acceptors (Lipinski definition) is 5. The Hall–Kier alpha value is -2.58. The zero-order valence-corrected chi connectivity index (χ0v) is 17.1. The minimum Gasteiger partial charge on any atom is -0.392 e. The fourth-order valence-electron chi connectivity index (χ4n) is 3.02. The number of rotatable bonds is 9. The average molecular weight is 412 g/mol. The summed E-state index contributed by atoms with van der Waals surface area (Å²) in [7, 11) is -3.60.